The number of likely N-dealkylation sites (N-methyl/N-ethyl adjacent to an activating group) is 1. The number of ether oxygens (including phenoxy) is 1. The SMILES string of the molecule is Cc1c(Nc2nc3ccccc3s2)nnc2c1CCCN2c1ccc(-c2cnn(CC34CC5(C)CC(C)(C3)CC(OCCN(C)CCCCO)(C5)C4)c2C)cn1. The van der Waals surface area contributed by atoms with E-state index in [0.29, 0.717) is 10.8 Å². The summed E-state index contributed by atoms with van der Waals surface area (Å²) in [6.45, 7) is 14.2. The molecule has 11 nitrogen and oxygen atoms in total. The third kappa shape index (κ3) is 7.11. The molecule has 0 saturated heterocycles. The number of anilines is 4. The molecule has 1 aliphatic heterocycles. The van der Waals surface area contributed by atoms with Crippen molar-refractivity contribution in [1.82, 2.24) is 34.8 Å². The predicted octanol–water partition coefficient (Wildman–Crippen LogP) is 8.63. The number of para-hydroxylation sites is 1. The van der Waals surface area contributed by atoms with E-state index in [-0.39, 0.29) is 17.6 Å². The van der Waals surface area contributed by atoms with E-state index in [1.54, 1.807) is 11.3 Å². The number of aliphatic hydroxyl groups excluding tert-OH is 1. The van der Waals surface area contributed by atoms with Gasteiger partial charge in [-0.25, -0.2) is 9.97 Å². The number of thiazole rings is 1. The van der Waals surface area contributed by atoms with Gasteiger partial charge in [0.25, 0.3) is 0 Å². The van der Waals surface area contributed by atoms with Crippen molar-refractivity contribution in [3.05, 3.63) is 65.6 Å². The van der Waals surface area contributed by atoms with Gasteiger partial charge in [0.2, 0.25) is 0 Å². The van der Waals surface area contributed by atoms with Gasteiger partial charge >= 0.3 is 0 Å². The van der Waals surface area contributed by atoms with E-state index >= 15 is 0 Å². The summed E-state index contributed by atoms with van der Waals surface area (Å²) in [6.07, 6.45) is 15.1. The second-order valence-corrected chi connectivity index (χ2v) is 19.5. The van der Waals surface area contributed by atoms with Gasteiger partial charge in [-0.2, -0.15) is 5.10 Å². The summed E-state index contributed by atoms with van der Waals surface area (Å²) >= 11 is 1.63. The molecule has 0 spiro atoms. The van der Waals surface area contributed by atoms with Crippen LogP contribution in [0.2, 0.25) is 0 Å². The summed E-state index contributed by atoms with van der Waals surface area (Å²) < 4.78 is 10.4. The Morgan fingerprint density at radius 3 is 2.54 bits per heavy atom. The van der Waals surface area contributed by atoms with Crippen LogP contribution in [-0.4, -0.2) is 85.4 Å². The first kappa shape index (κ1) is 37.6. The average Bonchev–Trinajstić information content (AvgIpc) is 3.73. The second-order valence-electron chi connectivity index (χ2n) is 18.5. The number of rotatable bonds is 14. The maximum absolute atomic E-state index is 9.19. The minimum atomic E-state index is -0.0572. The maximum Gasteiger partial charge on any atom is 0.189 e. The van der Waals surface area contributed by atoms with E-state index in [0.717, 1.165) is 114 Å². The van der Waals surface area contributed by atoms with Crippen LogP contribution in [0.4, 0.5) is 22.6 Å². The van der Waals surface area contributed by atoms with E-state index in [9.17, 15) is 5.11 Å². The first-order chi connectivity index (χ1) is 27.0. The van der Waals surface area contributed by atoms with Crippen molar-refractivity contribution in [2.45, 2.75) is 104 Å². The number of nitrogens with one attached hydrogen (secondary N) is 1. The summed E-state index contributed by atoms with van der Waals surface area (Å²) in [7, 11) is 2.17. The number of hydrogen-bond donors (Lipinski definition) is 2. The van der Waals surface area contributed by atoms with Gasteiger partial charge in [0.05, 0.1) is 28.6 Å². The lowest BCUT2D eigenvalue weighted by Crippen LogP contribution is -2.64. The Bertz CT molecular complexity index is 2160. The summed E-state index contributed by atoms with van der Waals surface area (Å²) in [5, 5.41) is 27.9. The van der Waals surface area contributed by atoms with E-state index < -0.39 is 0 Å². The molecule has 0 radical (unpaired) electrons. The van der Waals surface area contributed by atoms with Crippen LogP contribution >= 0.6 is 11.3 Å². The lowest BCUT2D eigenvalue weighted by atomic mass is 9.39. The fraction of sp³-hybridized carbons (Fsp3) is 0.568. The standard InChI is InChI=1S/C44H57N9O2S/c1-30-33-11-10-17-52(39(33)50-49-38(30)48-40-47-35-12-6-7-13-36(35)56-40)37-15-14-32(21-45-37)34-22-46-53(31(34)2)29-43-24-41(3)23-42(4,25-43)27-44(26-41,28-43)55-20-18-51(5)16-8-9-19-54/h6-7,12-15,21-22,54H,8-11,16-20,23-29H2,1-5H3,(H,47,48,49). The third-order valence-electron chi connectivity index (χ3n) is 13.3. The quantitative estimate of drug-likeness (QED) is 0.106. The van der Waals surface area contributed by atoms with E-state index in [2.05, 4.69) is 77.8 Å². The van der Waals surface area contributed by atoms with E-state index in [1.165, 1.54) is 43.4 Å². The van der Waals surface area contributed by atoms with Gasteiger partial charge in [-0.15, -0.1) is 10.2 Å². The minimum Gasteiger partial charge on any atom is -0.396 e. The van der Waals surface area contributed by atoms with Crippen LogP contribution in [0.1, 0.15) is 88.5 Å². The molecular formula is C44H57N9O2S. The molecule has 5 aliphatic rings. The lowest BCUT2D eigenvalue weighted by molar-refractivity contribution is -0.248. The lowest BCUT2D eigenvalue weighted by Gasteiger charge is -2.69. The molecule has 12 heteroatoms. The van der Waals surface area contributed by atoms with E-state index in [4.69, 9.17) is 24.9 Å². The molecule has 5 aromatic rings. The van der Waals surface area contributed by atoms with Gasteiger partial charge < -0.3 is 25.0 Å². The Hall–Kier alpha value is -3.97. The van der Waals surface area contributed by atoms with Crippen LogP contribution in [0.25, 0.3) is 21.3 Å². The number of aliphatic hydroxyl groups is 1. The molecule has 4 aromatic heterocycles. The van der Waals surface area contributed by atoms with Crippen molar-refractivity contribution in [2.24, 2.45) is 16.2 Å². The predicted molar refractivity (Wildman–Crippen MR) is 224 cm³/mol. The number of nitrogens with zero attached hydrogens (tertiary/aromatic N) is 8. The highest BCUT2D eigenvalue weighted by Crippen LogP contribution is 2.72. The van der Waals surface area contributed by atoms with Gasteiger partial charge in [-0.05, 0) is 132 Å². The molecule has 2 N–H and O–H groups in total. The minimum absolute atomic E-state index is 0.0572. The third-order valence-corrected chi connectivity index (χ3v) is 14.3. The van der Waals surface area contributed by atoms with Gasteiger partial charge in [0.15, 0.2) is 16.8 Å². The average molecular weight is 776 g/mol. The molecule has 4 saturated carbocycles. The number of benzene rings is 1. The molecule has 5 heterocycles. The van der Waals surface area contributed by atoms with Gasteiger partial charge in [-0.3, -0.25) is 4.68 Å². The maximum atomic E-state index is 9.19. The van der Waals surface area contributed by atoms with Crippen molar-refractivity contribution < 1.29 is 9.84 Å². The molecule has 296 valence electrons. The largest absolute Gasteiger partial charge is 0.396 e. The normalized spacial score (nSPS) is 26.7. The summed E-state index contributed by atoms with van der Waals surface area (Å²) in [6, 6.07) is 12.5. The van der Waals surface area contributed by atoms with Crippen LogP contribution in [-0.2, 0) is 17.7 Å². The monoisotopic (exact) mass is 775 g/mol. The Kier molecular flexibility index (Phi) is 9.70. The van der Waals surface area contributed by atoms with Gasteiger partial charge in [0.1, 0.15) is 5.82 Å². The van der Waals surface area contributed by atoms with Gasteiger partial charge in [0, 0.05) is 60.4 Å². The van der Waals surface area contributed by atoms with Crippen LogP contribution in [0, 0.1) is 30.1 Å². The summed E-state index contributed by atoms with van der Waals surface area (Å²) in [4.78, 5) is 14.3. The van der Waals surface area contributed by atoms with Gasteiger partial charge in [-0.1, -0.05) is 37.3 Å². The summed E-state index contributed by atoms with van der Waals surface area (Å²) in [5.41, 5.74) is 7.43. The molecule has 56 heavy (non-hydrogen) atoms. The number of hydrogen-bond acceptors (Lipinski definition) is 11. The Labute approximate surface area is 334 Å². The number of aromatic nitrogens is 6. The molecule has 10 rings (SSSR count). The zero-order valence-corrected chi connectivity index (χ0v) is 34.6. The van der Waals surface area contributed by atoms with Crippen LogP contribution in [0.3, 0.4) is 0 Å². The van der Waals surface area contributed by atoms with Crippen molar-refractivity contribution in [3.8, 4) is 11.1 Å². The molecule has 2 atom stereocenters. The zero-order valence-electron chi connectivity index (χ0n) is 33.8. The fourth-order valence-corrected chi connectivity index (χ4v) is 12.9. The first-order valence-electron chi connectivity index (χ1n) is 20.6. The summed E-state index contributed by atoms with van der Waals surface area (Å²) in [5.74, 6) is 2.53. The Morgan fingerprint density at radius 2 is 1.77 bits per heavy atom. The Balaban J connectivity index is 0.898. The van der Waals surface area contributed by atoms with Crippen molar-refractivity contribution in [1.29, 1.82) is 0 Å². The molecule has 4 bridgehead atoms. The number of unbranched alkanes of at least 4 members (excludes halogenated alkanes) is 1. The molecule has 0 amide bonds. The highest BCUT2D eigenvalue weighted by Gasteiger charge is 2.66. The van der Waals surface area contributed by atoms with Crippen LogP contribution in [0.5, 0.6) is 0 Å². The van der Waals surface area contributed by atoms with Crippen molar-refractivity contribution >= 4 is 44.1 Å². The first-order valence-corrected chi connectivity index (χ1v) is 21.5. The van der Waals surface area contributed by atoms with Crippen LogP contribution < -0.4 is 10.2 Å². The smallest absolute Gasteiger partial charge is 0.189 e. The highest BCUT2D eigenvalue weighted by molar-refractivity contribution is 7.22. The fourth-order valence-electron chi connectivity index (χ4n) is 12.0. The highest BCUT2D eigenvalue weighted by atomic mass is 32.1. The molecule has 2 unspecified atom stereocenters. The van der Waals surface area contributed by atoms with Crippen molar-refractivity contribution in [2.75, 3.05) is 50.1 Å². The molecule has 4 aliphatic carbocycles. The van der Waals surface area contributed by atoms with E-state index in [1.807, 2.05) is 30.6 Å². The molecule has 4 fully saturated rings. The van der Waals surface area contributed by atoms with Crippen LogP contribution in [0.15, 0.2) is 48.8 Å². The van der Waals surface area contributed by atoms with Crippen molar-refractivity contribution in [3.63, 3.8) is 0 Å². The number of pyridine rings is 1. The number of fused-ring (bicyclic) bond motifs is 2. The molecule has 1 aromatic carbocycles. The molecular weight excluding hydrogens is 719 g/mol. The topological polar surface area (TPSA) is 117 Å². The second kappa shape index (κ2) is 14.4. The Morgan fingerprint density at radius 1 is 0.946 bits per heavy atom. The zero-order chi connectivity index (χ0) is 38.7.